The zero-order chi connectivity index (χ0) is 22.2. The lowest BCUT2D eigenvalue weighted by molar-refractivity contribution is -0.120. The lowest BCUT2D eigenvalue weighted by Gasteiger charge is -2.02. The van der Waals surface area contributed by atoms with E-state index in [0.29, 0.717) is 29.8 Å². The van der Waals surface area contributed by atoms with Crippen LogP contribution in [0.3, 0.4) is 0 Å². The lowest BCUT2D eigenvalue weighted by Crippen LogP contribution is -2.10. The van der Waals surface area contributed by atoms with Gasteiger partial charge in [-0.05, 0) is 48.2 Å². The van der Waals surface area contributed by atoms with Crippen LogP contribution in [0.2, 0.25) is 0 Å². The number of thiazole rings is 1. The molecule has 2 aromatic carbocycles. The second kappa shape index (κ2) is 8.08. The molecule has 32 heavy (non-hydrogen) atoms. The number of fused-ring (bicyclic) bond motifs is 1. The maximum Gasteiger partial charge on any atom is 0.291 e. The van der Waals surface area contributed by atoms with Gasteiger partial charge in [-0.2, -0.15) is 0 Å². The van der Waals surface area contributed by atoms with Crippen molar-refractivity contribution in [2.75, 3.05) is 0 Å². The number of Topliss-reactive ketones (excluding diaryl/α,β-unsaturated/α-hetero) is 1. The van der Waals surface area contributed by atoms with Crippen LogP contribution in [0.15, 0.2) is 46.9 Å². The van der Waals surface area contributed by atoms with E-state index in [4.69, 9.17) is 10.2 Å². The highest BCUT2D eigenvalue weighted by atomic mass is 32.1. The van der Waals surface area contributed by atoms with E-state index >= 15 is 0 Å². The van der Waals surface area contributed by atoms with Gasteiger partial charge in [0.25, 0.3) is 11.7 Å². The molecule has 1 amide bonds. The first kappa shape index (κ1) is 20.2. The number of carbonyl (C=O) groups is 3. The Morgan fingerprint density at radius 2 is 1.88 bits per heavy atom. The first-order valence-electron chi connectivity index (χ1n) is 10.2. The predicted octanol–water partition coefficient (Wildman–Crippen LogP) is 3.59. The number of nitrogens with two attached hydrogens (primary N) is 1. The molecule has 5 rings (SSSR count). The Morgan fingerprint density at radius 3 is 2.59 bits per heavy atom. The van der Waals surface area contributed by atoms with E-state index in [1.54, 1.807) is 12.1 Å². The van der Waals surface area contributed by atoms with Crippen LogP contribution in [-0.2, 0) is 11.2 Å². The van der Waals surface area contributed by atoms with Crippen molar-refractivity contribution >= 4 is 39.0 Å². The molecule has 1 aliphatic rings. The summed E-state index contributed by atoms with van der Waals surface area (Å²) >= 11 is 1.24. The highest BCUT2D eigenvalue weighted by molar-refractivity contribution is 7.20. The topological polar surface area (TPSA) is 129 Å². The van der Waals surface area contributed by atoms with E-state index in [9.17, 15) is 14.4 Å². The molecule has 0 spiro atoms. The average Bonchev–Trinajstić information content (AvgIpc) is 3.53. The van der Waals surface area contributed by atoms with Crippen molar-refractivity contribution in [2.45, 2.75) is 25.7 Å². The maximum absolute atomic E-state index is 12.8. The Hall–Kier alpha value is -3.72. The Labute approximate surface area is 186 Å². The van der Waals surface area contributed by atoms with Gasteiger partial charge in [-0.3, -0.25) is 14.4 Å². The average molecular weight is 446 g/mol. The summed E-state index contributed by atoms with van der Waals surface area (Å²) in [6, 6.07) is 12.7. The van der Waals surface area contributed by atoms with Crippen LogP contribution in [0.4, 0.5) is 0 Å². The van der Waals surface area contributed by atoms with Gasteiger partial charge in [0.2, 0.25) is 11.8 Å². The van der Waals surface area contributed by atoms with Crippen molar-refractivity contribution < 1.29 is 18.8 Å². The second-order valence-corrected chi connectivity index (χ2v) is 8.76. The molecule has 8 nitrogen and oxygen atoms in total. The minimum absolute atomic E-state index is 0.101. The molecule has 2 heterocycles. The molecule has 0 saturated heterocycles. The van der Waals surface area contributed by atoms with Crippen molar-refractivity contribution in [1.82, 2.24) is 15.2 Å². The molecule has 0 aliphatic heterocycles. The van der Waals surface area contributed by atoms with E-state index in [0.717, 1.165) is 28.7 Å². The fourth-order valence-corrected chi connectivity index (χ4v) is 4.80. The highest BCUT2D eigenvalue weighted by Gasteiger charge is 2.28. The van der Waals surface area contributed by atoms with Crippen LogP contribution in [0, 0.1) is 5.92 Å². The van der Waals surface area contributed by atoms with E-state index in [1.807, 2.05) is 30.3 Å². The van der Waals surface area contributed by atoms with E-state index < -0.39 is 11.7 Å². The standard InChI is InChI=1S/C23H18N4O4S/c24-21(30)13-6-4-12(5-7-13)14-8-9-16-18(10-14)32-23(25-16)20(29)22-27-26-19(31-22)11-15-2-1-3-17(15)28/h4-10,15H,1-3,11H2,(H2,24,30). The summed E-state index contributed by atoms with van der Waals surface area (Å²) in [5, 5.41) is 8.07. The summed E-state index contributed by atoms with van der Waals surface area (Å²) in [5.74, 6) is -0.617. The number of amides is 1. The van der Waals surface area contributed by atoms with Gasteiger partial charge in [-0.15, -0.1) is 21.5 Å². The summed E-state index contributed by atoms with van der Waals surface area (Å²) < 4.78 is 6.37. The van der Waals surface area contributed by atoms with Gasteiger partial charge in [0.15, 0.2) is 5.01 Å². The number of carbonyl (C=O) groups excluding carboxylic acids is 3. The molecule has 9 heteroatoms. The third-order valence-electron chi connectivity index (χ3n) is 5.60. The van der Waals surface area contributed by atoms with Gasteiger partial charge in [0.05, 0.1) is 10.2 Å². The van der Waals surface area contributed by atoms with Crippen LogP contribution in [-0.4, -0.2) is 32.7 Å². The third-order valence-corrected chi connectivity index (χ3v) is 6.62. The van der Waals surface area contributed by atoms with Gasteiger partial charge in [0, 0.05) is 24.3 Å². The fourth-order valence-electron chi connectivity index (χ4n) is 3.86. The summed E-state index contributed by atoms with van der Waals surface area (Å²) in [5.41, 5.74) is 8.27. The summed E-state index contributed by atoms with van der Waals surface area (Å²) in [7, 11) is 0. The van der Waals surface area contributed by atoms with E-state index in [-0.39, 0.29) is 22.6 Å². The largest absolute Gasteiger partial charge is 0.418 e. The normalized spacial score (nSPS) is 16.0. The molecule has 0 radical (unpaired) electrons. The van der Waals surface area contributed by atoms with Gasteiger partial charge in [-0.25, -0.2) is 4.98 Å². The zero-order valence-electron chi connectivity index (χ0n) is 16.9. The molecule has 2 N–H and O–H groups in total. The van der Waals surface area contributed by atoms with Gasteiger partial charge < -0.3 is 10.2 Å². The minimum Gasteiger partial charge on any atom is -0.418 e. The van der Waals surface area contributed by atoms with Crippen LogP contribution in [0.5, 0.6) is 0 Å². The van der Waals surface area contributed by atoms with Crippen molar-refractivity contribution in [2.24, 2.45) is 11.7 Å². The number of ketones is 2. The molecule has 1 unspecified atom stereocenters. The molecule has 4 aromatic rings. The van der Waals surface area contributed by atoms with Crippen molar-refractivity contribution in [3.63, 3.8) is 0 Å². The Morgan fingerprint density at radius 1 is 1.09 bits per heavy atom. The minimum atomic E-state index is -0.475. The number of aromatic nitrogens is 3. The first-order valence-corrected chi connectivity index (χ1v) is 11.0. The molecule has 1 fully saturated rings. The summed E-state index contributed by atoms with van der Waals surface area (Å²) in [6.45, 7) is 0. The van der Waals surface area contributed by atoms with E-state index in [2.05, 4.69) is 15.2 Å². The van der Waals surface area contributed by atoms with Crippen molar-refractivity contribution in [3.05, 3.63) is 64.8 Å². The monoisotopic (exact) mass is 446 g/mol. The number of benzene rings is 2. The molecule has 2 aromatic heterocycles. The molecule has 1 aliphatic carbocycles. The van der Waals surface area contributed by atoms with Crippen LogP contribution >= 0.6 is 11.3 Å². The Kier molecular flexibility index (Phi) is 5.10. The fraction of sp³-hybridized carbons (Fsp3) is 0.217. The second-order valence-electron chi connectivity index (χ2n) is 7.73. The number of primary amides is 1. The summed E-state index contributed by atoms with van der Waals surface area (Å²) in [6.07, 6.45) is 2.66. The number of hydrogen-bond acceptors (Lipinski definition) is 8. The number of nitrogens with zero attached hydrogens (tertiary/aromatic N) is 3. The summed E-state index contributed by atoms with van der Waals surface area (Å²) in [4.78, 5) is 40.3. The quantitative estimate of drug-likeness (QED) is 0.448. The van der Waals surface area contributed by atoms with Crippen molar-refractivity contribution in [3.8, 4) is 11.1 Å². The third kappa shape index (κ3) is 3.82. The molecule has 0 bridgehead atoms. The smallest absolute Gasteiger partial charge is 0.291 e. The zero-order valence-corrected chi connectivity index (χ0v) is 17.7. The van der Waals surface area contributed by atoms with Crippen molar-refractivity contribution in [1.29, 1.82) is 0 Å². The molecule has 160 valence electrons. The Balaban J connectivity index is 1.37. The molecular formula is C23H18N4O4S. The first-order chi connectivity index (χ1) is 15.5. The van der Waals surface area contributed by atoms with Gasteiger partial charge in [0.1, 0.15) is 5.78 Å². The SMILES string of the molecule is NC(=O)c1ccc(-c2ccc3nc(C(=O)c4nnc(CC5CCCC5=O)o4)sc3c2)cc1. The van der Waals surface area contributed by atoms with Gasteiger partial charge in [-0.1, -0.05) is 18.2 Å². The van der Waals surface area contributed by atoms with E-state index in [1.165, 1.54) is 11.3 Å². The Bertz CT molecular complexity index is 1360. The van der Waals surface area contributed by atoms with Crippen LogP contribution < -0.4 is 5.73 Å². The van der Waals surface area contributed by atoms with Gasteiger partial charge >= 0.3 is 0 Å². The van der Waals surface area contributed by atoms with Crippen LogP contribution in [0.1, 0.15) is 51.2 Å². The van der Waals surface area contributed by atoms with Crippen LogP contribution in [0.25, 0.3) is 21.3 Å². The lowest BCUT2D eigenvalue weighted by atomic mass is 10.0. The number of rotatable bonds is 6. The maximum atomic E-state index is 12.8. The molecule has 1 saturated carbocycles. The molecule has 1 atom stereocenters. The predicted molar refractivity (Wildman–Crippen MR) is 117 cm³/mol. The highest BCUT2D eigenvalue weighted by Crippen LogP contribution is 2.30. The molecular weight excluding hydrogens is 428 g/mol. The number of hydrogen-bond donors (Lipinski definition) is 1.